The van der Waals surface area contributed by atoms with Crippen molar-refractivity contribution in [3.63, 3.8) is 0 Å². The van der Waals surface area contributed by atoms with Crippen molar-refractivity contribution in [2.45, 2.75) is 46.1 Å². The van der Waals surface area contributed by atoms with E-state index in [4.69, 9.17) is 0 Å². The summed E-state index contributed by atoms with van der Waals surface area (Å²) in [6.07, 6.45) is 4.53. The number of H-pyrrole nitrogens is 1. The molecule has 120 valence electrons. The van der Waals surface area contributed by atoms with Crippen molar-refractivity contribution in [2.75, 3.05) is 19.6 Å². The topological polar surface area (TPSA) is 56.4 Å². The molecule has 0 radical (unpaired) electrons. The average molecular weight is 303 g/mol. The minimum atomic E-state index is -0.345. The zero-order chi connectivity index (χ0) is 15.9. The molecule has 3 rings (SSSR count). The highest BCUT2D eigenvalue weighted by Gasteiger charge is 2.49. The van der Waals surface area contributed by atoms with Crippen LogP contribution in [0.15, 0.2) is 12.3 Å². The first kappa shape index (κ1) is 15.1. The maximum Gasteiger partial charge on any atom is 0.255 e. The molecule has 1 spiro atoms. The number of aromatic amines is 1. The molecule has 1 N–H and O–H groups in total. The molecule has 2 saturated heterocycles. The molecule has 1 aromatic rings. The van der Waals surface area contributed by atoms with Crippen LogP contribution in [0.4, 0.5) is 0 Å². The van der Waals surface area contributed by atoms with Crippen LogP contribution < -0.4 is 0 Å². The number of nitrogens with zero attached hydrogens (tertiary/aromatic N) is 2. The first-order chi connectivity index (χ1) is 10.4. The van der Waals surface area contributed by atoms with E-state index in [1.807, 2.05) is 22.8 Å². The molecule has 0 bridgehead atoms. The second-order valence-electron chi connectivity index (χ2n) is 6.97. The highest BCUT2D eigenvalue weighted by Crippen LogP contribution is 2.41. The molecule has 2 aliphatic heterocycles. The smallest absolute Gasteiger partial charge is 0.255 e. The Labute approximate surface area is 131 Å². The van der Waals surface area contributed by atoms with Gasteiger partial charge in [0.25, 0.3) is 5.91 Å². The Hall–Kier alpha value is -1.78. The maximum atomic E-state index is 12.9. The summed E-state index contributed by atoms with van der Waals surface area (Å²) in [5.41, 5.74) is 1.27. The number of aryl methyl sites for hydroxylation is 1. The summed E-state index contributed by atoms with van der Waals surface area (Å²) in [7, 11) is 0. The molecule has 1 atom stereocenters. The van der Waals surface area contributed by atoms with Crippen molar-refractivity contribution in [1.82, 2.24) is 14.8 Å². The number of rotatable bonds is 2. The van der Waals surface area contributed by atoms with E-state index < -0.39 is 0 Å². The molecular formula is C17H25N3O2. The predicted molar refractivity (Wildman–Crippen MR) is 84.6 cm³/mol. The molecule has 0 aromatic carbocycles. The van der Waals surface area contributed by atoms with E-state index in [9.17, 15) is 9.59 Å². The van der Waals surface area contributed by atoms with Gasteiger partial charge in [-0.05, 0) is 46.1 Å². The van der Waals surface area contributed by atoms with Crippen molar-refractivity contribution in [3.8, 4) is 0 Å². The fourth-order valence-electron chi connectivity index (χ4n) is 3.87. The zero-order valence-corrected chi connectivity index (χ0v) is 13.7. The van der Waals surface area contributed by atoms with E-state index in [0.717, 1.165) is 37.1 Å². The van der Waals surface area contributed by atoms with Crippen LogP contribution >= 0.6 is 0 Å². The van der Waals surface area contributed by atoms with Gasteiger partial charge in [-0.1, -0.05) is 0 Å². The standard InChI is InChI=1S/C17H25N3O2/c1-12(2)20-9-4-6-17(16(20)22)7-10-19(11-17)15(21)14-5-8-18-13(14)3/h5,8,12,18H,4,6-7,9-11H2,1-3H3/t17-/m0/s1. The Morgan fingerprint density at radius 3 is 2.73 bits per heavy atom. The molecule has 2 fully saturated rings. The lowest BCUT2D eigenvalue weighted by Crippen LogP contribution is -2.52. The lowest BCUT2D eigenvalue weighted by atomic mass is 9.78. The van der Waals surface area contributed by atoms with Gasteiger partial charge in [-0.25, -0.2) is 0 Å². The van der Waals surface area contributed by atoms with Crippen LogP contribution in [0.25, 0.3) is 0 Å². The van der Waals surface area contributed by atoms with Gasteiger partial charge in [0, 0.05) is 37.6 Å². The molecular weight excluding hydrogens is 278 g/mol. The van der Waals surface area contributed by atoms with Crippen LogP contribution in [0.3, 0.4) is 0 Å². The molecule has 2 aliphatic rings. The molecule has 2 amide bonds. The van der Waals surface area contributed by atoms with Crippen LogP contribution in [-0.2, 0) is 4.79 Å². The van der Waals surface area contributed by atoms with Crippen molar-refractivity contribution in [1.29, 1.82) is 0 Å². The van der Waals surface area contributed by atoms with Crippen LogP contribution in [0.1, 0.15) is 49.2 Å². The van der Waals surface area contributed by atoms with Gasteiger partial charge < -0.3 is 14.8 Å². The number of likely N-dealkylation sites (tertiary alicyclic amines) is 2. The largest absolute Gasteiger partial charge is 0.365 e. The van der Waals surface area contributed by atoms with Gasteiger partial charge in [0.05, 0.1) is 11.0 Å². The molecule has 0 aliphatic carbocycles. The van der Waals surface area contributed by atoms with Crippen molar-refractivity contribution < 1.29 is 9.59 Å². The maximum absolute atomic E-state index is 12.9. The summed E-state index contributed by atoms with van der Waals surface area (Å²) in [5, 5.41) is 0. The van der Waals surface area contributed by atoms with E-state index in [1.54, 1.807) is 6.20 Å². The van der Waals surface area contributed by atoms with Gasteiger partial charge in [-0.2, -0.15) is 0 Å². The van der Waals surface area contributed by atoms with E-state index in [0.29, 0.717) is 13.1 Å². The van der Waals surface area contributed by atoms with Gasteiger partial charge in [-0.3, -0.25) is 9.59 Å². The number of amides is 2. The lowest BCUT2D eigenvalue weighted by Gasteiger charge is -2.41. The van der Waals surface area contributed by atoms with Gasteiger partial charge in [-0.15, -0.1) is 0 Å². The Balaban J connectivity index is 1.78. The fraction of sp³-hybridized carbons (Fsp3) is 0.647. The number of hydrogen-bond acceptors (Lipinski definition) is 2. The van der Waals surface area contributed by atoms with Crippen LogP contribution in [0.5, 0.6) is 0 Å². The third-order valence-electron chi connectivity index (χ3n) is 5.22. The number of nitrogens with one attached hydrogen (secondary N) is 1. The van der Waals surface area contributed by atoms with E-state index in [-0.39, 0.29) is 23.3 Å². The SMILES string of the molecule is Cc1[nH]ccc1C(=O)N1CC[C@@]2(CCCN(C(C)C)C2=O)C1. The van der Waals surface area contributed by atoms with E-state index >= 15 is 0 Å². The highest BCUT2D eigenvalue weighted by molar-refractivity contribution is 5.96. The minimum Gasteiger partial charge on any atom is -0.365 e. The Bertz CT molecular complexity index is 592. The monoisotopic (exact) mass is 303 g/mol. The normalized spacial score (nSPS) is 25.5. The van der Waals surface area contributed by atoms with Crippen molar-refractivity contribution in [3.05, 3.63) is 23.5 Å². The third kappa shape index (κ3) is 2.32. The van der Waals surface area contributed by atoms with Crippen LogP contribution in [-0.4, -0.2) is 52.3 Å². The Morgan fingerprint density at radius 2 is 2.09 bits per heavy atom. The van der Waals surface area contributed by atoms with Gasteiger partial charge >= 0.3 is 0 Å². The quantitative estimate of drug-likeness (QED) is 0.910. The number of hydrogen-bond donors (Lipinski definition) is 1. The second kappa shape index (κ2) is 5.45. The lowest BCUT2D eigenvalue weighted by molar-refractivity contribution is -0.147. The average Bonchev–Trinajstić information content (AvgIpc) is 3.09. The summed E-state index contributed by atoms with van der Waals surface area (Å²) in [6.45, 7) is 8.14. The van der Waals surface area contributed by atoms with Crippen LogP contribution in [0.2, 0.25) is 0 Å². The Morgan fingerprint density at radius 1 is 1.32 bits per heavy atom. The van der Waals surface area contributed by atoms with Gasteiger partial charge in [0.1, 0.15) is 0 Å². The molecule has 22 heavy (non-hydrogen) atoms. The predicted octanol–water partition coefficient (Wildman–Crippen LogP) is 2.19. The summed E-state index contributed by atoms with van der Waals surface area (Å²) >= 11 is 0. The van der Waals surface area contributed by atoms with Gasteiger partial charge in [0.2, 0.25) is 5.91 Å². The summed E-state index contributed by atoms with van der Waals surface area (Å²) in [6, 6.07) is 2.06. The number of aromatic nitrogens is 1. The molecule has 5 nitrogen and oxygen atoms in total. The van der Waals surface area contributed by atoms with Crippen molar-refractivity contribution >= 4 is 11.8 Å². The number of carbonyl (C=O) groups is 2. The summed E-state index contributed by atoms with van der Waals surface area (Å²) in [5.74, 6) is 0.292. The summed E-state index contributed by atoms with van der Waals surface area (Å²) < 4.78 is 0. The van der Waals surface area contributed by atoms with Crippen molar-refractivity contribution in [2.24, 2.45) is 5.41 Å². The molecule has 0 unspecified atom stereocenters. The molecule has 3 heterocycles. The minimum absolute atomic E-state index is 0.0464. The molecule has 1 aromatic heterocycles. The Kier molecular flexibility index (Phi) is 3.75. The first-order valence-corrected chi connectivity index (χ1v) is 8.19. The fourth-order valence-corrected chi connectivity index (χ4v) is 3.87. The van der Waals surface area contributed by atoms with Crippen LogP contribution in [0, 0.1) is 12.3 Å². The zero-order valence-electron chi connectivity index (χ0n) is 13.7. The number of piperidine rings is 1. The molecule has 0 saturated carbocycles. The highest BCUT2D eigenvalue weighted by atomic mass is 16.2. The number of carbonyl (C=O) groups excluding carboxylic acids is 2. The van der Waals surface area contributed by atoms with Gasteiger partial charge in [0.15, 0.2) is 0 Å². The van der Waals surface area contributed by atoms with E-state index in [1.165, 1.54) is 0 Å². The molecule has 5 heteroatoms. The second-order valence-corrected chi connectivity index (χ2v) is 6.97. The van der Waals surface area contributed by atoms with E-state index in [2.05, 4.69) is 18.8 Å². The third-order valence-corrected chi connectivity index (χ3v) is 5.22. The first-order valence-electron chi connectivity index (χ1n) is 8.19. The summed E-state index contributed by atoms with van der Waals surface area (Å²) in [4.78, 5) is 32.4.